The first-order chi connectivity index (χ1) is 7.63. The van der Waals surface area contributed by atoms with Crippen molar-refractivity contribution in [2.24, 2.45) is 0 Å². The third-order valence-electron chi connectivity index (χ3n) is 1.86. The van der Waals surface area contributed by atoms with Gasteiger partial charge in [-0.2, -0.15) is 9.97 Å². The zero-order valence-electron chi connectivity index (χ0n) is 8.31. The quantitative estimate of drug-likeness (QED) is 0.741. The minimum absolute atomic E-state index is 0.129. The van der Waals surface area contributed by atoms with Gasteiger partial charge in [0, 0.05) is 16.8 Å². The number of nitrogens with two attached hydrogens (primary N) is 2. The van der Waals surface area contributed by atoms with Gasteiger partial charge < -0.3 is 16.8 Å². The van der Waals surface area contributed by atoms with Crippen molar-refractivity contribution in [2.45, 2.75) is 0 Å². The third kappa shape index (κ3) is 2.52. The van der Waals surface area contributed by atoms with Gasteiger partial charge in [0.15, 0.2) is 0 Å². The summed E-state index contributed by atoms with van der Waals surface area (Å²) in [4.78, 5) is 7.76. The molecule has 2 rings (SSSR count). The topological polar surface area (TPSA) is 89.8 Å². The average Bonchev–Trinajstić information content (AvgIpc) is 2.15. The van der Waals surface area contributed by atoms with Crippen molar-refractivity contribution >= 4 is 34.9 Å². The normalized spacial score (nSPS) is 10.1. The Kier molecular flexibility index (Phi) is 2.78. The van der Waals surface area contributed by atoms with Crippen molar-refractivity contribution in [1.82, 2.24) is 9.97 Å². The van der Waals surface area contributed by atoms with Crippen LogP contribution in [0.3, 0.4) is 0 Å². The minimum Gasteiger partial charge on any atom is -0.383 e. The molecular formula is C10H10ClN5. The Hall–Kier alpha value is -2.01. The molecule has 6 heteroatoms. The summed E-state index contributed by atoms with van der Waals surface area (Å²) in [5.74, 6) is 0.980. The maximum atomic E-state index is 5.85. The molecule has 0 aliphatic heterocycles. The molecule has 82 valence electrons. The molecule has 0 saturated heterocycles. The summed E-state index contributed by atoms with van der Waals surface area (Å²) in [6, 6.07) is 8.85. The van der Waals surface area contributed by atoms with Crippen molar-refractivity contribution < 1.29 is 0 Å². The van der Waals surface area contributed by atoms with Gasteiger partial charge in [0.25, 0.3) is 0 Å². The van der Waals surface area contributed by atoms with E-state index in [0.717, 1.165) is 5.69 Å². The molecule has 1 aromatic heterocycles. The molecule has 0 spiro atoms. The van der Waals surface area contributed by atoms with Crippen LogP contribution in [0.1, 0.15) is 0 Å². The van der Waals surface area contributed by atoms with Crippen molar-refractivity contribution in [2.75, 3.05) is 16.8 Å². The second kappa shape index (κ2) is 4.24. The van der Waals surface area contributed by atoms with E-state index in [-0.39, 0.29) is 5.95 Å². The van der Waals surface area contributed by atoms with E-state index in [2.05, 4.69) is 15.3 Å². The highest BCUT2D eigenvalue weighted by Gasteiger charge is 2.00. The smallest absolute Gasteiger partial charge is 0.223 e. The van der Waals surface area contributed by atoms with Gasteiger partial charge >= 0.3 is 0 Å². The molecule has 0 fully saturated rings. The van der Waals surface area contributed by atoms with Crippen LogP contribution in [0.4, 0.5) is 23.3 Å². The number of nitrogens with one attached hydrogen (secondary N) is 1. The lowest BCUT2D eigenvalue weighted by Crippen LogP contribution is -2.02. The van der Waals surface area contributed by atoms with Gasteiger partial charge in [-0.15, -0.1) is 0 Å². The fourth-order valence-electron chi connectivity index (χ4n) is 1.26. The van der Waals surface area contributed by atoms with Gasteiger partial charge in [0.2, 0.25) is 5.95 Å². The number of aromatic nitrogens is 2. The largest absolute Gasteiger partial charge is 0.383 e. The van der Waals surface area contributed by atoms with Crippen LogP contribution in [0.25, 0.3) is 0 Å². The summed E-state index contributed by atoms with van der Waals surface area (Å²) < 4.78 is 0. The Morgan fingerprint density at radius 1 is 1.12 bits per heavy atom. The maximum absolute atomic E-state index is 5.85. The predicted molar refractivity (Wildman–Crippen MR) is 65.6 cm³/mol. The van der Waals surface area contributed by atoms with Crippen molar-refractivity contribution in [3.05, 3.63) is 35.4 Å². The molecule has 0 aliphatic rings. The summed E-state index contributed by atoms with van der Waals surface area (Å²) in [6.07, 6.45) is 0. The molecule has 0 bridgehead atoms. The number of anilines is 4. The highest BCUT2D eigenvalue weighted by atomic mass is 35.5. The van der Waals surface area contributed by atoms with Gasteiger partial charge in [-0.05, 0) is 18.2 Å². The van der Waals surface area contributed by atoms with Crippen LogP contribution in [-0.2, 0) is 0 Å². The Morgan fingerprint density at radius 3 is 2.62 bits per heavy atom. The number of nitrogen functional groups attached to an aromatic ring is 2. The number of hydrogen-bond donors (Lipinski definition) is 3. The van der Waals surface area contributed by atoms with Crippen LogP contribution < -0.4 is 16.8 Å². The molecule has 2 aromatic rings. The molecule has 0 amide bonds. The van der Waals surface area contributed by atoms with Gasteiger partial charge in [-0.25, -0.2) is 0 Å². The fourth-order valence-corrected chi connectivity index (χ4v) is 1.45. The highest BCUT2D eigenvalue weighted by molar-refractivity contribution is 6.30. The Bertz CT molecular complexity index is 494. The average molecular weight is 236 g/mol. The Balaban J connectivity index is 2.27. The first-order valence-corrected chi connectivity index (χ1v) is 4.94. The molecule has 5 nitrogen and oxygen atoms in total. The first kappa shape index (κ1) is 10.5. The summed E-state index contributed by atoms with van der Waals surface area (Å²) in [7, 11) is 0. The molecule has 16 heavy (non-hydrogen) atoms. The van der Waals surface area contributed by atoms with E-state index in [1.54, 1.807) is 18.2 Å². The zero-order chi connectivity index (χ0) is 11.5. The van der Waals surface area contributed by atoms with Gasteiger partial charge in [-0.3, -0.25) is 0 Å². The van der Waals surface area contributed by atoms with Crippen LogP contribution in [0.2, 0.25) is 5.02 Å². The molecular weight excluding hydrogens is 226 g/mol. The molecule has 0 radical (unpaired) electrons. The predicted octanol–water partition coefficient (Wildman–Crippen LogP) is 2.04. The van der Waals surface area contributed by atoms with Crippen molar-refractivity contribution in [1.29, 1.82) is 0 Å². The molecule has 1 aromatic carbocycles. The lowest BCUT2D eigenvalue weighted by molar-refractivity contribution is 1.19. The monoisotopic (exact) mass is 235 g/mol. The maximum Gasteiger partial charge on any atom is 0.223 e. The number of rotatable bonds is 2. The summed E-state index contributed by atoms with van der Waals surface area (Å²) in [5, 5.41) is 3.67. The van der Waals surface area contributed by atoms with Crippen LogP contribution in [0.5, 0.6) is 0 Å². The fraction of sp³-hybridized carbons (Fsp3) is 0. The van der Waals surface area contributed by atoms with Crippen molar-refractivity contribution in [3.8, 4) is 0 Å². The van der Waals surface area contributed by atoms with E-state index < -0.39 is 0 Å². The van der Waals surface area contributed by atoms with Crippen LogP contribution in [0, 0.1) is 0 Å². The van der Waals surface area contributed by atoms with Gasteiger partial charge in [0.1, 0.15) is 11.6 Å². The van der Waals surface area contributed by atoms with Crippen LogP contribution >= 0.6 is 11.6 Å². The van der Waals surface area contributed by atoms with Gasteiger partial charge in [-0.1, -0.05) is 17.7 Å². The molecule has 5 N–H and O–H groups in total. The SMILES string of the molecule is Nc1cc(Nc2cccc(Cl)c2)nc(N)n1. The van der Waals surface area contributed by atoms with Gasteiger partial charge in [0.05, 0.1) is 0 Å². The second-order valence-corrected chi connectivity index (χ2v) is 3.61. The molecule has 0 atom stereocenters. The van der Waals surface area contributed by atoms with E-state index in [9.17, 15) is 0 Å². The number of benzene rings is 1. The van der Waals surface area contributed by atoms with E-state index in [4.69, 9.17) is 23.1 Å². The Morgan fingerprint density at radius 2 is 1.94 bits per heavy atom. The first-order valence-electron chi connectivity index (χ1n) is 4.56. The third-order valence-corrected chi connectivity index (χ3v) is 2.10. The second-order valence-electron chi connectivity index (χ2n) is 3.17. The number of halogens is 1. The van der Waals surface area contributed by atoms with Crippen LogP contribution in [0.15, 0.2) is 30.3 Å². The van der Waals surface area contributed by atoms with E-state index >= 15 is 0 Å². The summed E-state index contributed by atoms with van der Waals surface area (Å²) in [6.45, 7) is 0. The highest BCUT2D eigenvalue weighted by Crippen LogP contribution is 2.19. The van der Waals surface area contributed by atoms with E-state index in [1.807, 2.05) is 12.1 Å². The lowest BCUT2D eigenvalue weighted by atomic mass is 10.3. The van der Waals surface area contributed by atoms with E-state index in [0.29, 0.717) is 16.7 Å². The summed E-state index contributed by atoms with van der Waals surface area (Å²) >= 11 is 5.85. The minimum atomic E-state index is 0.129. The van der Waals surface area contributed by atoms with E-state index in [1.165, 1.54) is 0 Å². The van der Waals surface area contributed by atoms with Crippen LogP contribution in [-0.4, -0.2) is 9.97 Å². The standard InChI is InChI=1S/C10H10ClN5/c11-6-2-1-3-7(4-6)14-9-5-8(12)15-10(13)16-9/h1-5H,(H5,12,13,14,15,16). The molecule has 0 unspecified atom stereocenters. The summed E-state index contributed by atoms with van der Waals surface area (Å²) in [5.41, 5.74) is 11.8. The number of hydrogen-bond acceptors (Lipinski definition) is 5. The molecule has 1 heterocycles. The lowest BCUT2D eigenvalue weighted by Gasteiger charge is -2.06. The van der Waals surface area contributed by atoms with Crippen molar-refractivity contribution in [3.63, 3.8) is 0 Å². The molecule has 0 saturated carbocycles. The zero-order valence-corrected chi connectivity index (χ0v) is 9.07. The molecule has 0 aliphatic carbocycles. The number of nitrogens with zero attached hydrogens (tertiary/aromatic N) is 2. The Labute approximate surface area is 97.5 Å².